The Morgan fingerprint density at radius 1 is 1.14 bits per heavy atom. The first kappa shape index (κ1) is 16.4. The van der Waals surface area contributed by atoms with E-state index < -0.39 is 10.0 Å². The van der Waals surface area contributed by atoms with Crippen LogP contribution in [0.1, 0.15) is 5.56 Å². The van der Waals surface area contributed by atoms with Crippen molar-refractivity contribution in [3.63, 3.8) is 0 Å². The number of nitrogens with two attached hydrogens (primary N) is 1. The van der Waals surface area contributed by atoms with E-state index in [9.17, 15) is 8.42 Å². The van der Waals surface area contributed by atoms with E-state index in [1.807, 2.05) is 0 Å². The first-order valence-corrected chi connectivity index (χ1v) is 8.77. The number of halogens is 3. The van der Waals surface area contributed by atoms with Gasteiger partial charge in [-0.1, -0.05) is 45.2 Å². The molecule has 0 aromatic heterocycles. The van der Waals surface area contributed by atoms with E-state index >= 15 is 0 Å². The summed E-state index contributed by atoms with van der Waals surface area (Å²) in [5.74, 6) is 0. The van der Waals surface area contributed by atoms with Crippen LogP contribution in [0.15, 0.2) is 39.7 Å². The van der Waals surface area contributed by atoms with E-state index in [1.54, 1.807) is 25.1 Å². The molecular weight excluding hydrogens is 399 g/mol. The van der Waals surface area contributed by atoms with Crippen molar-refractivity contribution in [3.05, 3.63) is 50.4 Å². The molecule has 2 rings (SSSR count). The number of benzene rings is 2. The molecule has 0 heterocycles. The van der Waals surface area contributed by atoms with Crippen molar-refractivity contribution in [1.29, 1.82) is 0 Å². The minimum Gasteiger partial charge on any atom is -0.398 e. The second-order valence-corrected chi connectivity index (χ2v) is 7.78. The van der Waals surface area contributed by atoms with Crippen molar-refractivity contribution < 1.29 is 8.42 Å². The maximum Gasteiger partial charge on any atom is 0.262 e. The van der Waals surface area contributed by atoms with Gasteiger partial charge in [0.15, 0.2) is 0 Å². The Morgan fingerprint density at radius 2 is 1.71 bits per heavy atom. The smallest absolute Gasteiger partial charge is 0.262 e. The average molecular weight is 410 g/mol. The number of anilines is 2. The monoisotopic (exact) mass is 408 g/mol. The number of nitrogens with one attached hydrogen (secondary N) is 1. The molecule has 0 radical (unpaired) electrons. The van der Waals surface area contributed by atoms with Gasteiger partial charge in [-0.25, -0.2) is 8.42 Å². The summed E-state index contributed by atoms with van der Waals surface area (Å²) in [6, 6.07) is 7.59. The maximum absolute atomic E-state index is 12.4. The van der Waals surface area contributed by atoms with Gasteiger partial charge < -0.3 is 5.73 Å². The molecule has 2 aromatic carbocycles. The lowest BCUT2D eigenvalue weighted by atomic mass is 10.2. The zero-order chi connectivity index (χ0) is 15.8. The molecule has 8 heteroatoms. The van der Waals surface area contributed by atoms with Crippen LogP contribution in [0.5, 0.6) is 0 Å². The summed E-state index contributed by atoms with van der Waals surface area (Å²) in [5, 5.41) is 0.385. The zero-order valence-electron chi connectivity index (χ0n) is 10.8. The quantitative estimate of drug-likeness (QED) is 0.735. The van der Waals surface area contributed by atoms with Gasteiger partial charge in [0.2, 0.25) is 0 Å². The van der Waals surface area contributed by atoms with Gasteiger partial charge in [0.05, 0.1) is 20.6 Å². The molecule has 0 amide bonds. The Balaban J connectivity index is 2.44. The first-order chi connectivity index (χ1) is 9.70. The molecular formula is C13H11BrCl2N2O2S. The van der Waals surface area contributed by atoms with E-state index in [2.05, 4.69) is 20.7 Å². The maximum atomic E-state index is 12.4. The third kappa shape index (κ3) is 3.63. The van der Waals surface area contributed by atoms with E-state index in [4.69, 9.17) is 28.9 Å². The summed E-state index contributed by atoms with van der Waals surface area (Å²) in [4.78, 5) is 0.0423. The molecule has 0 saturated heterocycles. The van der Waals surface area contributed by atoms with E-state index in [-0.39, 0.29) is 20.6 Å². The fourth-order valence-electron chi connectivity index (χ4n) is 1.62. The molecule has 0 unspecified atom stereocenters. The highest BCUT2D eigenvalue weighted by atomic mass is 79.9. The predicted octanol–water partition coefficient (Wildman–Crippen LogP) is 4.45. The van der Waals surface area contributed by atoms with Crippen molar-refractivity contribution in [2.45, 2.75) is 11.8 Å². The molecule has 21 heavy (non-hydrogen) atoms. The van der Waals surface area contributed by atoms with Crippen molar-refractivity contribution in [2.75, 3.05) is 10.5 Å². The number of sulfonamides is 1. The third-order valence-electron chi connectivity index (χ3n) is 2.80. The molecule has 0 fully saturated rings. The molecule has 112 valence electrons. The Kier molecular flexibility index (Phi) is 4.72. The molecule has 0 bridgehead atoms. The molecule has 0 aliphatic rings. The third-order valence-corrected chi connectivity index (χ3v) is 5.21. The lowest BCUT2D eigenvalue weighted by Gasteiger charge is -2.12. The highest BCUT2D eigenvalue weighted by Gasteiger charge is 2.19. The van der Waals surface area contributed by atoms with Gasteiger partial charge in [-0.2, -0.15) is 0 Å². The standard InChI is InChI=1S/C13H11BrCl2N2O2S/c1-7-2-3-9(6-12(7)17)21(19,20)18-13-10(15)4-8(14)5-11(13)16/h2-6,18H,17H2,1H3. The summed E-state index contributed by atoms with van der Waals surface area (Å²) in [6.45, 7) is 1.79. The highest BCUT2D eigenvalue weighted by Crippen LogP contribution is 2.35. The molecule has 0 saturated carbocycles. The van der Waals surface area contributed by atoms with Crippen LogP contribution >= 0.6 is 39.1 Å². The van der Waals surface area contributed by atoms with Crippen LogP contribution < -0.4 is 10.5 Å². The lowest BCUT2D eigenvalue weighted by Crippen LogP contribution is -2.14. The molecule has 0 spiro atoms. The largest absolute Gasteiger partial charge is 0.398 e. The van der Waals surface area contributed by atoms with Crippen molar-refractivity contribution in [3.8, 4) is 0 Å². The summed E-state index contributed by atoms with van der Waals surface area (Å²) in [6.07, 6.45) is 0. The number of hydrogen-bond acceptors (Lipinski definition) is 3. The molecule has 4 nitrogen and oxygen atoms in total. The van der Waals surface area contributed by atoms with Gasteiger partial charge in [0.25, 0.3) is 10.0 Å². The summed E-state index contributed by atoms with van der Waals surface area (Å²) in [5.41, 5.74) is 7.06. The van der Waals surface area contributed by atoms with E-state index in [1.165, 1.54) is 12.1 Å². The molecule has 0 atom stereocenters. The predicted molar refractivity (Wildman–Crippen MR) is 90.6 cm³/mol. The Bertz CT molecular complexity index is 787. The van der Waals surface area contributed by atoms with Crippen molar-refractivity contribution in [1.82, 2.24) is 0 Å². The second-order valence-electron chi connectivity index (χ2n) is 4.37. The summed E-state index contributed by atoms with van der Waals surface area (Å²) >= 11 is 15.3. The Labute approximate surface area is 141 Å². The minimum absolute atomic E-state index is 0.0423. The van der Waals surface area contributed by atoms with E-state index in [0.717, 1.165) is 5.56 Å². The van der Waals surface area contributed by atoms with Gasteiger partial charge in [0, 0.05) is 10.2 Å². The lowest BCUT2D eigenvalue weighted by molar-refractivity contribution is 0.601. The average Bonchev–Trinajstić information content (AvgIpc) is 2.37. The topological polar surface area (TPSA) is 72.2 Å². The highest BCUT2D eigenvalue weighted by molar-refractivity contribution is 9.10. The SMILES string of the molecule is Cc1ccc(S(=O)(=O)Nc2c(Cl)cc(Br)cc2Cl)cc1N. The van der Waals surface area contributed by atoms with Crippen LogP contribution in [0.25, 0.3) is 0 Å². The van der Waals surface area contributed by atoms with Crippen LogP contribution in [-0.4, -0.2) is 8.42 Å². The van der Waals surface area contributed by atoms with E-state index in [0.29, 0.717) is 10.2 Å². The Hall–Kier alpha value is -0.950. The van der Waals surface area contributed by atoms with Crippen LogP contribution in [0, 0.1) is 6.92 Å². The number of hydrogen-bond donors (Lipinski definition) is 2. The Morgan fingerprint density at radius 3 is 2.24 bits per heavy atom. The first-order valence-electron chi connectivity index (χ1n) is 5.74. The molecule has 0 aliphatic heterocycles. The van der Waals surface area contributed by atoms with Gasteiger partial charge in [-0.15, -0.1) is 0 Å². The molecule has 0 aliphatic carbocycles. The van der Waals surface area contributed by atoms with Gasteiger partial charge in [-0.05, 0) is 36.8 Å². The summed E-state index contributed by atoms with van der Waals surface area (Å²) in [7, 11) is -3.82. The fraction of sp³-hybridized carbons (Fsp3) is 0.0769. The van der Waals surface area contributed by atoms with Crippen molar-refractivity contribution in [2.24, 2.45) is 0 Å². The van der Waals surface area contributed by atoms with Gasteiger partial charge in [-0.3, -0.25) is 4.72 Å². The minimum atomic E-state index is -3.82. The van der Waals surface area contributed by atoms with Crippen LogP contribution in [0.2, 0.25) is 10.0 Å². The normalized spacial score (nSPS) is 11.4. The van der Waals surface area contributed by atoms with Crippen LogP contribution in [0.3, 0.4) is 0 Å². The number of rotatable bonds is 3. The van der Waals surface area contributed by atoms with Gasteiger partial charge >= 0.3 is 0 Å². The summed E-state index contributed by atoms with van der Waals surface area (Å²) < 4.78 is 27.7. The molecule has 3 N–H and O–H groups in total. The van der Waals surface area contributed by atoms with Crippen LogP contribution in [0.4, 0.5) is 11.4 Å². The second kappa shape index (κ2) is 6.04. The van der Waals surface area contributed by atoms with Crippen LogP contribution in [-0.2, 0) is 10.0 Å². The number of nitrogen functional groups attached to an aromatic ring is 1. The fourth-order valence-corrected chi connectivity index (χ4v) is 4.17. The number of aryl methyl sites for hydroxylation is 1. The molecule has 2 aromatic rings. The zero-order valence-corrected chi connectivity index (χ0v) is 14.7. The van der Waals surface area contributed by atoms with Crippen molar-refractivity contribution >= 4 is 60.5 Å². The van der Waals surface area contributed by atoms with Gasteiger partial charge in [0.1, 0.15) is 0 Å².